The molecule has 0 saturated carbocycles. The van der Waals surface area contributed by atoms with Gasteiger partial charge in [0.2, 0.25) is 0 Å². The Bertz CT molecular complexity index is 599. The molecule has 2 heteroatoms. The van der Waals surface area contributed by atoms with Crippen LogP contribution in [-0.2, 0) is 10.2 Å². The normalized spacial score (nSPS) is 11.8. The molecule has 0 amide bonds. The third-order valence-electron chi connectivity index (χ3n) is 3.41. The number of carbonyl (C=O) groups is 1. The molecule has 0 N–H and O–H groups in total. The van der Waals surface area contributed by atoms with Gasteiger partial charge in [-0.05, 0) is 34.2 Å². The van der Waals surface area contributed by atoms with Gasteiger partial charge in [0.1, 0.15) is 0 Å². The van der Waals surface area contributed by atoms with Crippen molar-refractivity contribution in [1.82, 2.24) is 0 Å². The van der Waals surface area contributed by atoms with Crippen molar-refractivity contribution in [2.45, 2.75) is 32.6 Å². The van der Waals surface area contributed by atoms with Crippen molar-refractivity contribution < 1.29 is 4.79 Å². The molecular weight excluding hydrogens is 240 g/mol. The van der Waals surface area contributed by atoms with E-state index in [0.29, 0.717) is 6.42 Å². The Labute approximate surface area is 114 Å². The van der Waals surface area contributed by atoms with E-state index in [-0.39, 0.29) is 10.5 Å². The molecule has 2 aromatic carbocycles. The van der Waals surface area contributed by atoms with Gasteiger partial charge in [-0.25, -0.2) is 0 Å². The summed E-state index contributed by atoms with van der Waals surface area (Å²) in [7, 11) is 0. The molecule has 2 aromatic rings. The molecule has 0 fully saturated rings. The summed E-state index contributed by atoms with van der Waals surface area (Å²) in [5.74, 6) is 0. The summed E-state index contributed by atoms with van der Waals surface area (Å²) in [5, 5.41) is 2.39. The lowest BCUT2D eigenvalue weighted by Gasteiger charge is -2.27. The minimum Gasteiger partial charge on any atom is -0.287 e. The van der Waals surface area contributed by atoms with Gasteiger partial charge in [-0.3, -0.25) is 4.79 Å². The van der Waals surface area contributed by atoms with Crippen LogP contribution in [0.5, 0.6) is 0 Å². The van der Waals surface area contributed by atoms with Crippen molar-refractivity contribution in [3.63, 3.8) is 0 Å². The lowest BCUT2D eigenvalue weighted by Crippen LogP contribution is -2.21. The first-order valence-corrected chi connectivity index (χ1v) is 6.57. The SMILES string of the molecule is Cc1ccc2ccccc2c1C(C)(C)CC(=O)S. The number of fused-ring (bicyclic) bond motifs is 1. The van der Waals surface area contributed by atoms with E-state index in [0.717, 1.165) is 0 Å². The molecule has 0 unspecified atom stereocenters. The first kappa shape index (κ1) is 13.2. The zero-order valence-electron chi connectivity index (χ0n) is 11.0. The van der Waals surface area contributed by atoms with Crippen LogP contribution in [0, 0.1) is 6.92 Å². The lowest BCUT2D eigenvalue weighted by molar-refractivity contribution is -0.111. The summed E-state index contributed by atoms with van der Waals surface area (Å²) in [6, 6.07) is 12.6. The number of hydrogen-bond acceptors (Lipinski definition) is 1. The van der Waals surface area contributed by atoms with Gasteiger partial charge >= 0.3 is 0 Å². The molecule has 0 radical (unpaired) electrons. The van der Waals surface area contributed by atoms with Gasteiger partial charge in [-0.2, -0.15) is 0 Å². The second-order valence-electron chi connectivity index (χ2n) is 5.43. The number of benzene rings is 2. The molecule has 0 aliphatic heterocycles. The minimum absolute atomic E-state index is 0.0627. The summed E-state index contributed by atoms with van der Waals surface area (Å²) >= 11 is 3.93. The van der Waals surface area contributed by atoms with E-state index in [1.54, 1.807) is 0 Å². The van der Waals surface area contributed by atoms with Crippen LogP contribution >= 0.6 is 12.6 Å². The van der Waals surface area contributed by atoms with Gasteiger partial charge in [-0.15, -0.1) is 12.6 Å². The van der Waals surface area contributed by atoms with Crippen molar-refractivity contribution >= 4 is 28.5 Å². The molecule has 0 atom stereocenters. The fourth-order valence-electron chi connectivity index (χ4n) is 2.75. The second kappa shape index (κ2) is 4.77. The van der Waals surface area contributed by atoms with Gasteiger partial charge < -0.3 is 0 Å². The molecule has 0 aliphatic carbocycles. The Morgan fingerprint density at radius 3 is 2.50 bits per heavy atom. The average molecular weight is 258 g/mol. The van der Waals surface area contributed by atoms with E-state index in [4.69, 9.17) is 0 Å². The van der Waals surface area contributed by atoms with Crippen molar-refractivity contribution in [1.29, 1.82) is 0 Å². The first-order valence-electron chi connectivity index (χ1n) is 6.12. The number of hydrogen-bond donors (Lipinski definition) is 1. The highest BCUT2D eigenvalue weighted by molar-refractivity contribution is 7.96. The molecule has 0 saturated heterocycles. The minimum atomic E-state index is -0.191. The Hall–Kier alpha value is -1.28. The molecular formula is C16H18OS. The third kappa shape index (κ3) is 2.44. The molecule has 0 spiro atoms. The maximum Gasteiger partial charge on any atom is 0.186 e. The monoisotopic (exact) mass is 258 g/mol. The van der Waals surface area contributed by atoms with Gasteiger partial charge in [-0.1, -0.05) is 50.2 Å². The average Bonchev–Trinajstić information content (AvgIpc) is 2.26. The van der Waals surface area contributed by atoms with E-state index in [1.165, 1.54) is 21.9 Å². The van der Waals surface area contributed by atoms with Gasteiger partial charge in [0.15, 0.2) is 5.12 Å². The van der Waals surface area contributed by atoms with Crippen LogP contribution in [0.2, 0.25) is 0 Å². The second-order valence-corrected chi connectivity index (χ2v) is 5.93. The molecule has 2 rings (SSSR count). The maximum absolute atomic E-state index is 11.3. The number of carbonyl (C=O) groups excluding carboxylic acids is 1. The summed E-state index contributed by atoms with van der Waals surface area (Å²) in [4.78, 5) is 11.3. The highest BCUT2D eigenvalue weighted by Crippen LogP contribution is 2.35. The summed E-state index contributed by atoms with van der Waals surface area (Å²) in [5.41, 5.74) is 2.29. The lowest BCUT2D eigenvalue weighted by atomic mass is 9.77. The van der Waals surface area contributed by atoms with E-state index < -0.39 is 0 Å². The van der Waals surface area contributed by atoms with E-state index in [2.05, 4.69) is 57.7 Å². The van der Waals surface area contributed by atoms with Crippen LogP contribution < -0.4 is 0 Å². The highest BCUT2D eigenvalue weighted by atomic mass is 32.1. The van der Waals surface area contributed by atoms with Crippen molar-refractivity contribution in [3.8, 4) is 0 Å². The van der Waals surface area contributed by atoms with E-state index >= 15 is 0 Å². The largest absolute Gasteiger partial charge is 0.287 e. The first-order chi connectivity index (χ1) is 8.42. The van der Waals surface area contributed by atoms with Gasteiger partial charge in [0.05, 0.1) is 0 Å². The molecule has 94 valence electrons. The van der Waals surface area contributed by atoms with Gasteiger partial charge in [0, 0.05) is 6.42 Å². The van der Waals surface area contributed by atoms with Crippen LogP contribution in [0.4, 0.5) is 0 Å². The molecule has 18 heavy (non-hydrogen) atoms. The van der Waals surface area contributed by atoms with Crippen molar-refractivity contribution in [2.75, 3.05) is 0 Å². The topological polar surface area (TPSA) is 17.1 Å². The fourth-order valence-corrected chi connectivity index (χ4v) is 3.14. The maximum atomic E-state index is 11.3. The van der Waals surface area contributed by atoms with Crippen LogP contribution in [0.1, 0.15) is 31.4 Å². The zero-order chi connectivity index (χ0) is 13.3. The predicted octanol–water partition coefficient (Wildman–Crippen LogP) is 4.27. The Balaban J connectivity index is 2.69. The summed E-state index contributed by atoms with van der Waals surface area (Å²) in [6.07, 6.45) is 0.449. The number of rotatable bonds is 3. The molecule has 0 heterocycles. The Morgan fingerprint density at radius 2 is 1.83 bits per heavy atom. The smallest absolute Gasteiger partial charge is 0.186 e. The fraction of sp³-hybridized carbons (Fsp3) is 0.312. The van der Waals surface area contributed by atoms with Gasteiger partial charge in [0.25, 0.3) is 0 Å². The summed E-state index contributed by atoms with van der Waals surface area (Å²) in [6.45, 7) is 6.32. The standard InChI is InChI=1S/C16H18OS/c1-11-8-9-12-6-4-5-7-13(12)15(11)16(2,3)10-14(17)18/h4-9H,10H2,1-3H3,(H,17,18). The van der Waals surface area contributed by atoms with Crippen molar-refractivity contribution in [2.24, 2.45) is 0 Å². The Kier molecular flexibility index (Phi) is 3.49. The molecule has 0 aromatic heterocycles. The van der Waals surface area contributed by atoms with Crippen molar-refractivity contribution in [3.05, 3.63) is 47.5 Å². The third-order valence-corrected chi connectivity index (χ3v) is 3.57. The predicted molar refractivity (Wildman–Crippen MR) is 80.3 cm³/mol. The highest BCUT2D eigenvalue weighted by Gasteiger charge is 2.26. The molecule has 0 aliphatic rings. The molecule has 1 nitrogen and oxygen atoms in total. The van der Waals surface area contributed by atoms with E-state index in [9.17, 15) is 4.79 Å². The molecule has 0 bridgehead atoms. The van der Waals surface area contributed by atoms with E-state index in [1.807, 2.05) is 12.1 Å². The number of aryl methyl sites for hydroxylation is 1. The zero-order valence-corrected chi connectivity index (χ0v) is 11.9. The number of thiol groups is 1. The quantitative estimate of drug-likeness (QED) is 0.813. The van der Waals surface area contributed by atoms with Crippen LogP contribution in [0.3, 0.4) is 0 Å². The van der Waals surface area contributed by atoms with Crippen LogP contribution in [0.15, 0.2) is 36.4 Å². The van der Waals surface area contributed by atoms with Crippen LogP contribution in [-0.4, -0.2) is 5.12 Å². The summed E-state index contributed by atoms with van der Waals surface area (Å²) < 4.78 is 0. The Morgan fingerprint density at radius 1 is 1.17 bits per heavy atom. The van der Waals surface area contributed by atoms with Crippen LogP contribution in [0.25, 0.3) is 10.8 Å².